The minimum Gasteiger partial charge on any atom is -0.438 e. The van der Waals surface area contributed by atoms with E-state index in [1.54, 1.807) is 5.38 Å². The van der Waals surface area contributed by atoms with Crippen LogP contribution in [0.4, 0.5) is 5.13 Å². The standard InChI is InChI=1S/C19H20N4O5S2/c1-11(21-12(2)24)13-4-6-14(7-5-13)15-10-29-19(22-15)23-18(25)16-8-9-17(28-16)30(26,27)20-3/h4-11,20H,1-3H3,(H,21,24)(H,22,23,25). The molecule has 2 heterocycles. The van der Waals surface area contributed by atoms with Crippen LogP contribution in [0.25, 0.3) is 11.3 Å². The van der Waals surface area contributed by atoms with Crippen molar-refractivity contribution in [3.05, 3.63) is 53.1 Å². The van der Waals surface area contributed by atoms with Crippen molar-refractivity contribution in [2.24, 2.45) is 0 Å². The number of aromatic nitrogens is 1. The zero-order chi connectivity index (χ0) is 21.9. The highest BCUT2D eigenvalue weighted by Crippen LogP contribution is 2.27. The highest BCUT2D eigenvalue weighted by Gasteiger charge is 2.20. The Kier molecular flexibility index (Phi) is 6.34. The van der Waals surface area contributed by atoms with Gasteiger partial charge in [-0.2, -0.15) is 0 Å². The number of carbonyl (C=O) groups is 2. The zero-order valence-corrected chi connectivity index (χ0v) is 18.1. The molecule has 3 rings (SSSR count). The average molecular weight is 449 g/mol. The fraction of sp³-hybridized carbons (Fsp3) is 0.211. The molecule has 2 aromatic heterocycles. The molecular formula is C19H20N4O5S2. The molecule has 3 aromatic rings. The molecule has 0 aliphatic carbocycles. The maximum absolute atomic E-state index is 12.3. The van der Waals surface area contributed by atoms with Gasteiger partial charge in [0.2, 0.25) is 11.0 Å². The molecule has 0 fully saturated rings. The van der Waals surface area contributed by atoms with Crippen molar-refractivity contribution in [1.29, 1.82) is 0 Å². The summed E-state index contributed by atoms with van der Waals surface area (Å²) in [5.41, 5.74) is 2.49. The second kappa shape index (κ2) is 8.78. The number of sulfonamides is 1. The van der Waals surface area contributed by atoms with Crippen LogP contribution in [-0.2, 0) is 14.8 Å². The van der Waals surface area contributed by atoms with Gasteiger partial charge < -0.3 is 9.73 Å². The largest absolute Gasteiger partial charge is 0.438 e. The van der Waals surface area contributed by atoms with Crippen molar-refractivity contribution in [1.82, 2.24) is 15.0 Å². The number of nitrogens with zero attached hydrogens (tertiary/aromatic N) is 1. The molecule has 0 aliphatic heterocycles. The van der Waals surface area contributed by atoms with Crippen molar-refractivity contribution < 1.29 is 22.4 Å². The minimum atomic E-state index is -3.77. The van der Waals surface area contributed by atoms with Gasteiger partial charge in [0.15, 0.2) is 10.9 Å². The average Bonchev–Trinajstić information content (AvgIpc) is 3.38. The van der Waals surface area contributed by atoms with Crippen LogP contribution in [0.2, 0.25) is 0 Å². The molecule has 158 valence electrons. The van der Waals surface area contributed by atoms with E-state index >= 15 is 0 Å². The summed E-state index contributed by atoms with van der Waals surface area (Å²) in [6.45, 7) is 3.37. The molecule has 0 bridgehead atoms. The van der Waals surface area contributed by atoms with E-state index in [4.69, 9.17) is 4.42 Å². The molecule has 0 radical (unpaired) electrons. The number of rotatable bonds is 7. The molecule has 9 nitrogen and oxygen atoms in total. The summed E-state index contributed by atoms with van der Waals surface area (Å²) in [5, 5.41) is 7.21. The fourth-order valence-corrected chi connectivity index (χ4v) is 4.00. The summed E-state index contributed by atoms with van der Waals surface area (Å²) >= 11 is 1.23. The molecule has 0 spiro atoms. The van der Waals surface area contributed by atoms with Gasteiger partial charge in [-0.25, -0.2) is 18.1 Å². The summed E-state index contributed by atoms with van der Waals surface area (Å²) in [4.78, 5) is 27.9. The Hall–Kier alpha value is -3.02. The molecule has 11 heteroatoms. The van der Waals surface area contributed by atoms with Crippen LogP contribution in [-0.4, -0.2) is 32.3 Å². The molecular weight excluding hydrogens is 428 g/mol. The lowest BCUT2D eigenvalue weighted by atomic mass is 10.1. The third-order valence-electron chi connectivity index (χ3n) is 4.19. The van der Waals surface area contributed by atoms with Crippen LogP contribution in [0.15, 0.2) is 51.3 Å². The second-order valence-corrected chi connectivity index (χ2v) is 9.04. The van der Waals surface area contributed by atoms with Gasteiger partial charge in [-0.05, 0) is 31.7 Å². The quantitative estimate of drug-likeness (QED) is 0.509. The summed E-state index contributed by atoms with van der Waals surface area (Å²) in [6, 6.07) is 9.96. The lowest BCUT2D eigenvalue weighted by molar-refractivity contribution is -0.119. The molecule has 3 N–H and O–H groups in total. The van der Waals surface area contributed by atoms with Crippen molar-refractivity contribution in [3.8, 4) is 11.3 Å². The van der Waals surface area contributed by atoms with Crippen LogP contribution >= 0.6 is 11.3 Å². The van der Waals surface area contributed by atoms with Gasteiger partial charge in [-0.3, -0.25) is 14.9 Å². The summed E-state index contributed by atoms with van der Waals surface area (Å²) in [5.74, 6) is -0.844. The van der Waals surface area contributed by atoms with Gasteiger partial charge in [0.25, 0.3) is 15.9 Å². The fourth-order valence-electron chi connectivity index (χ4n) is 2.64. The number of hydrogen-bond acceptors (Lipinski definition) is 7. The Morgan fingerprint density at radius 3 is 2.47 bits per heavy atom. The van der Waals surface area contributed by atoms with Crippen LogP contribution in [0, 0.1) is 0 Å². The van der Waals surface area contributed by atoms with Gasteiger partial charge in [-0.15, -0.1) is 11.3 Å². The van der Waals surface area contributed by atoms with E-state index in [9.17, 15) is 18.0 Å². The van der Waals surface area contributed by atoms with Crippen LogP contribution in [0.3, 0.4) is 0 Å². The predicted molar refractivity (Wildman–Crippen MR) is 113 cm³/mol. The Bertz CT molecular complexity index is 1170. The third-order valence-corrected chi connectivity index (χ3v) is 6.23. The number of amides is 2. The Balaban J connectivity index is 1.69. The van der Waals surface area contributed by atoms with Crippen LogP contribution in [0.5, 0.6) is 0 Å². The van der Waals surface area contributed by atoms with Crippen LogP contribution in [0.1, 0.15) is 36.0 Å². The molecule has 0 saturated heterocycles. The Morgan fingerprint density at radius 2 is 1.83 bits per heavy atom. The molecule has 30 heavy (non-hydrogen) atoms. The van der Waals surface area contributed by atoms with E-state index in [1.165, 1.54) is 37.4 Å². The van der Waals surface area contributed by atoms with Crippen molar-refractivity contribution in [2.75, 3.05) is 12.4 Å². The number of furan rings is 1. The Morgan fingerprint density at radius 1 is 1.13 bits per heavy atom. The monoisotopic (exact) mass is 448 g/mol. The van der Waals surface area contributed by atoms with E-state index in [-0.39, 0.29) is 22.8 Å². The molecule has 1 atom stereocenters. The molecule has 1 aromatic carbocycles. The molecule has 0 saturated carbocycles. The van der Waals surface area contributed by atoms with E-state index in [0.717, 1.165) is 11.1 Å². The smallest absolute Gasteiger partial charge is 0.293 e. The summed E-state index contributed by atoms with van der Waals surface area (Å²) in [7, 11) is -2.51. The number of nitrogens with one attached hydrogen (secondary N) is 3. The first-order chi connectivity index (χ1) is 14.2. The first-order valence-corrected chi connectivity index (χ1v) is 11.2. The number of hydrogen-bond donors (Lipinski definition) is 3. The van der Waals surface area contributed by atoms with Gasteiger partial charge >= 0.3 is 0 Å². The van der Waals surface area contributed by atoms with Crippen molar-refractivity contribution in [3.63, 3.8) is 0 Å². The predicted octanol–water partition coefficient (Wildman–Crippen LogP) is 2.76. The third kappa shape index (κ3) is 4.93. The van der Waals surface area contributed by atoms with E-state index in [0.29, 0.717) is 10.8 Å². The zero-order valence-electron chi connectivity index (χ0n) is 16.4. The lowest BCUT2D eigenvalue weighted by Crippen LogP contribution is -2.23. The van der Waals surface area contributed by atoms with E-state index in [1.807, 2.05) is 31.2 Å². The number of benzene rings is 1. The maximum Gasteiger partial charge on any atom is 0.293 e. The number of carbonyl (C=O) groups excluding carboxylic acids is 2. The second-order valence-electron chi connectivity index (χ2n) is 6.36. The number of thiazole rings is 1. The van der Waals surface area contributed by atoms with Crippen molar-refractivity contribution in [2.45, 2.75) is 25.0 Å². The normalized spacial score (nSPS) is 12.4. The van der Waals surface area contributed by atoms with Crippen molar-refractivity contribution >= 4 is 38.3 Å². The highest BCUT2D eigenvalue weighted by molar-refractivity contribution is 7.89. The minimum absolute atomic E-state index is 0.0984. The van der Waals surface area contributed by atoms with Gasteiger partial charge in [0.05, 0.1) is 11.7 Å². The first-order valence-electron chi connectivity index (χ1n) is 8.87. The van der Waals surface area contributed by atoms with E-state index < -0.39 is 15.9 Å². The maximum atomic E-state index is 12.3. The Labute approximate surface area is 177 Å². The van der Waals surface area contributed by atoms with Gasteiger partial charge in [0, 0.05) is 17.9 Å². The highest BCUT2D eigenvalue weighted by atomic mass is 32.2. The number of anilines is 1. The van der Waals surface area contributed by atoms with Crippen LogP contribution < -0.4 is 15.4 Å². The molecule has 0 aliphatic rings. The topological polar surface area (TPSA) is 130 Å². The molecule has 2 amide bonds. The van der Waals surface area contributed by atoms with E-state index in [2.05, 4.69) is 20.3 Å². The lowest BCUT2D eigenvalue weighted by Gasteiger charge is -2.12. The molecule has 1 unspecified atom stereocenters. The summed E-state index contributed by atoms with van der Waals surface area (Å²) < 4.78 is 30.6. The first kappa shape index (κ1) is 21.7. The summed E-state index contributed by atoms with van der Waals surface area (Å²) in [6.07, 6.45) is 0. The SMILES string of the molecule is CNS(=O)(=O)c1ccc(C(=O)Nc2nc(-c3ccc(C(C)NC(C)=O)cc3)cs2)o1. The van der Waals surface area contributed by atoms with Gasteiger partial charge in [0.1, 0.15) is 0 Å². The van der Waals surface area contributed by atoms with Gasteiger partial charge in [-0.1, -0.05) is 24.3 Å².